The maximum atomic E-state index is 14.3. The number of ketones is 2. The Bertz CT molecular complexity index is 1410. The lowest BCUT2D eigenvalue weighted by Crippen LogP contribution is -2.61. The van der Waals surface area contributed by atoms with Gasteiger partial charge in [-0.25, -0.2) is 0 Å². The van der Waals surface area contributed by atoms with E-state index < -0.39 is 57.7 Å². The van der Waals surface area contributed by atoms with E-state index in [-0.39, 0.29) is 22.8 Å². The third-order valence-corrected chi connectivity index (χ3v) is 8.70. The van der Waals surface area contributed by atoms with Crippen LogP contribution in [0.2, 0.25) is 0 Å². The number of halogens is 2. The highest BCUT2D eigenvalue weighted by molar-refractivity contribution is 6.48. The number of benzene rings is 1. The van der Waals surface area contributed by atoms with Gasteiger partial charge in [0.15, 0.2) is 16.4 Å². The number of carbonyl (C=O) groups excluding carboxylic acids is 5. The van der Waals surface area contributed by atoms with Crippen molar-refractivity contribution < 1.29 is 33.4 Å². The molecule has 0 aromatic heterocycles. The van der Waals surface area contributed by atoms with Crippen molar-refractivity contribution in [3.05, 3.63) is 45.2 Å². The molecule has 1 aromatic rings. The minimum absolute atomic E-state index is 0.0818. The molecule has 4 atom stereocenters. The number of anilines is 1. The van der Waals surface area contributed by atoms with Gasteiger partial charge in [0.05, 0.1) is 23.7 Å². The lowest BCUT2D eigenvalue weighted by atomic mass is 9.60. The molecule has 4 rings (SSSR count). The summed E-state index contributed by atoms with van der Waals surface area (Å²) in [6.07, 6.45) is 0.605. The number of alkyl halides is 1. The molecular weight excluding hydrogens is 561 g/mol. The van der Waals surface area contributed by atoms with Crippen molar-refractivity contribution in [1.29, 1.82) is 0 Å². The first-order valence-corrected chi connectivity index (χ1v) is 13.4. The van der Waals surface area contributed by atoms with Crippen LogP contribution in [0.15, 0.2) is 34.1 Å². The second-order valence-corrected chi connectivity index (χ2v) is 11.6. The third-order valence-electron chi connectivity index (χ3n) is 7.66. The third kappa shape index (κ3) is 4.52. The molecular formula is C28H31Cl2N3O7. The second kappa shape index (κ2) is 10.6. The summed E-state index contributed by atoms with van der Waals surface area (Å²) in [6.45, 7) is 2.26. The van der Waals surface area contributed by atoms with Gasteiger partial charge in [-0.2, -0.15) is 0 Å². The number of likely N-dealkylation sites (N-methyl/N-ethyl adjacent to an activating group) is 1. The first kappa shape index (κ1) is 29.8. The molecule has 0 radical (unpaired) electrons. The average Bonchev–Trinajstić information content (AvgIpc) is 2.84. The van der Waals surface area contributed by atoms with Gasteiger partial charge in [0.25, 0.3) is 5.91 Å². The summed E-state index contributed by atoms with van der Waals surface area (Å²) in [7, 11) is 8.61. The van der Waals surface area contributed by atoms with Crippen LogP contribution in [0.4, 0.5) is 5.69 Å². The highest BCUT2D eigenvalue weighted by Gasteiger charge is 2.64. The summed E-state index contributed by atoms with van der Waals surface area (Å²) >= 11 is 13.9. The topological polar surface area (TPSA) is 122 Å². The molecule has 40 heavy (non-hydrogen) atoms. The number of Topliss-reactive ketones (excluding diaryl/α,β-unsaturated/α-hetero) is 2. The Morgan fingerprint density at radius 3 is 2.27 bits per heavy atom. The Labute approximate surface area is 242 Å². The van der Waals surface area contributed by atoms with E-state index in [1.165, 1.54) is 7.11 Å². The Balaban J connectivity index is 2.04. The first-order valence-electron chi connectivity index (χ1n) is 12.6. The zero-order valence-electron chi connectivity index (χ0n) is 23.3. The fraction of sp³-hybridized carbons (Fsp3) is 0.464. The number of carbonyl (C=O) groups is 5. The summed E-state index contributed by atoms with van der Waals surface area (Å²) in [5.41, 5.74) is 1.43. The predicted octanol–water partition coefficient (Wildman–Crippen LogP) is 2.60. The lowest BCUT2D eigenvalue weighted by molar-refractivity contribution is -0.139. The second-order valence-electron chi connectivity index (χ2n) is 10.6. The maximum Gasteiger partial charge on any atom is 0.307 e. The molecule has 0 aliphatic heterocycles. The smallest absolute Gasteiger partial charge is 0.307 e. The molecule has 0 fully saturated rings. The van der Waals surface area contributed by atoms with Crippen LogP contribution < -0.4 is 15.0 Å². The summed E-state index contributed by atoms with van der Waals surface area (Å²) < 4.78 is 11.2. The SMILES string of the molecule is COc1ccc(N(C)C)c2c1C(=O)C1=C(OC(C)=O)[C@]3(Cl)C(=O)C(C(=O)NC(C)=O)=C(Cl)[C@@H](N(C)C)[C@@H]3C[C@@H]1C2. The van der Waals surface area contributed by atoms with Crippen molar-refractivity contribution >= 4 is 58.2 Å². The first-order chi connectivity index (χ1) is 18.7. The van der Waals surface area contributed by atoms with Gasteiger partial charge in [0.2, 0.25) is 5.91 Å². The molecule has 2 amide bonds. The molecule has 10 nitrogen and oxygen atoms in total. The van der Waals surface area contributed by atoms with E-state index in [1.54, 1.807) is 25.1 Å². The van der Waals surface area contributed by atoms with Crippen molar-refractivity contribution in [2.75, 3.05) is 40.2 Å². The largest absolute Gasteiger partial charge is 0.496 e. The van der Waals surface area contributed by atoms with Crippen molar-refractivity contribution in [3.63, 3.8) is 0 Å². The predicted molar refractivity (Wildman–Crippen MR) is 149 cm³/mol. The Kier molecular flexibility index (Phi) is 7.92. The van der Waals surface area contributed by atoms with Crippen LogP contribution in [0.5, 0.6) is 5.75 Å². The molecule has 0 spiro atoms. The Morgan fingerprint density at radius 2 is 1.75 bits per heavy atom. The molecule has 12 heteroatoms. The van der Waals surface area contributed by atoms with Crippen LogP contribution in [0, 0.1) is 11.8 Å². The number of hydrogen-bond acceptors (Lipinski definition) is 9. The van der Waals surface area contributed by atoms with E-state index in [1.807, 2.05) is 25.1 Å². The molecule has 214 valence electrons. The van der Waals surface area contributed by atoms with Gasteiger partial charge in [-0.3, -0.25) is 29.3 Å². The van der Waals surface area contributed by atoms with E-state index in [2.05, 4.69) is 5.32 Å². The van der Waals surface area contributed by atoms with Crippen LogP contribution in [0.3, 0.4) is 0 Å². The van der Waals surface area contributed by atoms with Gasteiger partial charge in [-0.05, 0) is 50.6 Å². The fourth-order valence-corrected chi connectivity index (χ4v) is 7.14. The summed E-state index contributed by atoms with van der Waals surface area (Å²) in [5.74, 6) is -5.21. The normalized spacial score (nSPS) is 25.7. The zero-order valence-corrected chi connectivity index (χ0v) is 24.8. The number of ether oxygens (including phenoxy) is 2. The van der Waals surface area contributed by atoms with Crippen molar-refractivity contribution in [3.8, 4) is 5.75 Å². The zero-order chi connectivity index (χ0) is 29.8. The van der Waals surface area contributed by atoms with Gasteiger partial charge in [-0.1, -0.05) is 11.6 Å². The van der Waals surface area contributed by atoms with E-state index in [4.69, 9.17) is 32.7 Å². The van der Waals surface area contributed by atoms with Crippen molar-refractivity contribution in [2.45, 2.75) is 37.6 Å². The van der Waals surface area contributed by atoms with Crippen molar-refractivity contribution in [2.24, 2.45) is 11.8 Å². The van der Waals surface area contributed by atoms with Gasteiger partial charge >= 0.3 is 5.97 Å². The van der Waals surface area contributed by atoms with Crippen LogP contribution >= 0.6 is 23.2 Å². The van der Waals surface area contributed by atoms with E-state index in [9.17, 15) is 24.0 Å². The van der Waals surface area contributed by atoms with Gasteiger partial charge in [0, 0.05) is 45.1 Å². The number of allylic oxidation sites excluding steroid dienone is 2. The number of nitrogens with one attached hydrogen (secondary N) is 1. The van der Waals surface area contributed by atoms with E-state index in [0.717, 1.165) is 25.1 Å². The number of esters is 1. The molecule has 0 unspecified atom stereocenters. The number of methoxy groups -OCH3 is 1. The molecule has 0 saturated carbocycles. The standard InChI is InChI=1S/C28H31Cl2N3O7/c1-12(34)31-27(38)21-22(29)23(33(5)6)16-11-14-10-15-17(32(3)4)8-9-18(39-7)20(15)24(36)19(14)26(40-13(2)35)28(16,30)25(21)37/h8-9,14,16,23H,10-11H2,1-7H3,(H,31,34,38)/t14-,16-,23-,28+/m0/s1. The number of hydrogen-bond donors (Lipinski definition) is 1. The molecule has 1 aromatic carbocycles. The average molecular weight is 592 g/mol. The van der Waals surface area contributed by atoms with Crippen LogP contribution in [-0.2, 0) is 30.3 Å². The number of imide groups is 1. The van der Waals surface area contributed by atoms with Gasteiger partial charge < -0.3 is 19.3 Å². The summed E-state index contributed by atoms with van der Waals surface area (Å²) in [4.78, 5) is 67.1. The van der Waals surface area contributed by atoms with E-state index in [0.29, 0.717) is 17.7 Å². The quantitative estimate of drug-likeness (QED) is 0.312. The lowest BCUT2D eigenvalue weighted by Gasteiger charge is -2.51. The number of fused-ring (bicyclic) bond motifs is 3. The molecule has 0 saturated heterocycles. The highest BCUT2D eigenvalue weighted by atomic mass is 35.5. The van der Waals surface area contributed by atoms with Gasteiger partial charge in [-0.15, -0.1) is 11.6 Å². The molecule has 3 aliphatic carbocycles. The van der Waals surface area contributed by atoms with Crippen LogP contribution in [0.25, 0.3) is 0 Å². The molecule has 0 bridgehead atoms. The minimum Gasteiger partial charge on any atom is -0.496 e. The summed E-state index contributed by atoms with van der Waals surface area (Å²) in [6, 6.07) is 2.78. The highest BCUT2D eigenvalue weighted by Crippen LogP contribution is 2.57. The maximum absolute atomic E-state index is 14.3. The van der Waals surface area contributed by atoms with Crippen molar-refractivity contribution in [1.82, 2.24) is 10.2 Å². The van der Waals surface area contributed by atoms with Crippen LogP contribution in [0.1, 0.15) is 36.2 Å². The molecule has 0 heterocycles. The van der Waals surface area contributed by atoms with E-state index >= 15 is 0 Å². The fourth-order valence-electron chi connectivity index (χ4n) is 6.18. The monoisotopic (exact) mass is 591 g/mol. The molecule has 3 aliphatic rings. The van der Waals surface area contributed by atoms with Gasteiger partial charge in [0.1, 0.15) is 17.1 Å². The summed E-state index contributed by atoms with van der Waals surface area (Å²) in [5, 5.41) is 2.00. The Hall–Kier alpha value is -3.21. The number of nitrogens with zero attached hydrogens (tertiary/aromatic N) is 2. The van der Waals surface area contributed by atoms with Crippen LogP contribution in [-0.4, -0.2) is 80.5 Å². The molecule has 1 N–H and O–H groups in total. The number of amides is 2. The minimum atomic E-state index is -2.13. The Morgan fingerprint density at radius 1 is 1.10 bits per heavy atom. The number of rotatable bonds is 5.